The van der Waals surface area contributed by atoms with Gasteiger partial charge < -0.3 is 19.4 Å². The van der Waals surface area contributed by atoms with Crippen molar-refractivity contribution in [3.63, 3.8) is 0 Å². The number of ether oxygens (including phenoxy) is 2. The van der Waals surface area contributed by atoms with Gasteiger partial charge in [-0.15, -0.1) is 0 Å². The topological polar surface area (TPSA) is 99.5 Å². The largest absolute Gasteiger partial charge is 0.486 e. The average Bonchev–Trinajstić information content (AvgIpc) is 3.06. The van der Waals surface area contributed by atoms with Gasteiger partial charge in [-0.2, -0.15) is 0 Å². The lowest BCUT2D eigenvalue weighted by molar-refractivity contribution is -0.122. The van der Waals surface area contributed by atoms with Gasteiger partial charge in [-0.05, 0) is 35.7 Å². The number of fused-ring (bicyclic) bond motifs is 2. The molecule has 1 N–H and O–H groups in total. The molecule has 170 valence electrons. The highest BCUT2D eigenvalue weighted by Gasteiger charge is 2.23. The van der Waals surface area contributed by atoms with Gasteiger partial charge in [0.1, 0.15) is 31.3 Å². The van der Waals surface area contributed by atoms with Gasteiger partial charge in [-0.25, -0.2) is 13.4 Å². The molecule has 0 spiro atoms. The number of sulfone groups is 1. The zero-order chi connectivity index (χ0) is 22.9. The molecule has 9 heteroatoms. The lowest BCUT2D eigenvalue weighted by Crippen LogP contribution is -2.34. The van der Waals surface area contributed by atoms with Crippen molar-refractivity contribution in [1.82, 2.24) is 14.9 Å². The van der Waals surface area contributed by atoms with E-state index >= 15 is 0 Å². The Hall–Kier alpha value is -3.07. The first kappa shape index (κ1) is 22.1. The number of amides is 1. The number of imidazole rings is 1. The van der Waals surface area contributed by atoms with E-state index in [-0.39, 0.29) is 30.2 Å². The molecule has 0 radical (unpaired) electrons. The summed E-state index contributed by atoms with van der Waals surface area (Å²) < 4.78 is 36.8. The molecule has 8 nitrogen and oxygen atoms in total. The second-order valence-corrected chi connectivity index (χ2v) is 10.5. The molecule has 1 aromatic heterocycles. The predicted octanol–water partition coefficient (Wildman–Crippen LogP) is 2.87. The van der Waals surface area contributed by atoms with Crippen molar-refractivity contribution in [2.24, 2.45) is 5.92 Å². The first-order valence-electron chi connectivity index (χ1n) is 10.5. The Morgan fingerprint density at radius 2 is 1.84 bits per heavy atom. The van der Waals surface area contributed by atoms with Crippen LogP contribution in [0.15, 0.2) is 42.5 Å². The smallest absolute Gasteiger partial charge is 0.240 e. The maximum absolute atomic E-state index is 13.1. The molecule has 2 aromatic carbocycles. The third-order valence-electron chi connectivity index (χ3n) is 5.34. The number of nitrogens with one attached hydrogen (secondary N) is 1. The number of nitrogens with zero attached hydrogens (tertiary/aromatic N) is 2. The lowest BCUT2D eigenvalue weighted by Gasteiger charge is -2.25. The van der Waals surface area contributed by atoms with E-state index in [1.165, 1.54) is 0 Å². The SMILES string of the molecule is CC(C)[C@H](NC(=O)Cn1c(CS(C)(=O)=O)nc2ccccc21)c1ccc2c(c1)OCCO2. The molecule has 1 aliphatic heterocycles. The summed E-state index contributed by atoms with van der Waals surface area (Å²) in [5.74, 6) is 1.39. The molecule has 0 bridgehead atoms. The first-order valence-corrected chi connectivity index (χ1v) is 12.6. The second-order valence-electron chi connectivity index (χ2n) is 8.37. The molecular weight excluding hydrogens is 430 g/mol. The summed E-state index contributed by atoms with van der Waals surface area (Å²) >= 11 is 0. The second kappa shape index (κ2) is 8.82. The zero-order valence-corrected chi connectivity index (χ0v) is 19.2. The summed E-state index contributed by atoms with van der Waals surface area (Å²) in [6, 6.07) is 12.8. The predicted molar refractivity (Wildman–Crippen MR) is 121 cm³/mol. The molecule has 0 saturated heterocycles. The first-order chi connectivity index (χ1) is 15.2. The van der Waals surface area contributed by atoms with Crippen molar-refractivity contribution in [2.45, 2.75) is 32.2 Å². The van der Waals surface area contributed by atoms with Gasteiger partial charge in [0.15, 0.2) is 21.3 Å². The van der Waals surface area contributed by atoms with Crippen LogP contribution in [0.4, 0.5) is 0 Å². The van der Waals surface area contributed by atoms with Gasteiger partial charge in [-0.3, -0.25) is 4.79 Å². The summed E-state index contributed by atoms with van der Waals surface area (Å²) in [6.45, 7) is 5.05. The summed E-state index contributed by atoms with van der Waals surface area (Å²) in [7, 11) is -3.31. The van der Waals surface area contributed by atoms with Crippen LogP contribution >= 0.6 is 0 Å². The highest BCUT2D eigenvalue weighted by molar-refractivity contribution is 7.89. The van der Waals surface area contributed by atoms with Gasteiger partial charge >= 0.3 is 0 Å². The van der Waals surface area contributed by atoms with Crippen molar-refractivity contribution in [2.75, 3.05) is 19.5 Å². The van der Waals surface area contributed by atoms with Crippen LogP contribution in [0, 0.1) is 5.92 Å². The number of para-hydroxylation sites is 2. The summed E-state index contributed by atoms with van der Waals surface area (Å²) in [6.07, 6.45) is 1.16. The Bertz CT molecular complexity index is 1250. The standard InChI is InChI=1S/C23H27N3O5S/c1-15(2)23(16-8-9-19-20(12-16)31-11-10-30-19)25-22(27)13-26-18-7-5-4-6-17(18)24-21(26)14-32(3,28)29/h4-9,12,15,23H,10-11,13-14H2,1-3H3,(H,25,27)/t23-/m0/s1. The van der Waals surface area contributed by atoms with E-state index in [2.05, 4.69) is 10.3 Å². The van der Waals surface area contributed by atoms with E-state index in [9.17, 15) is 13.2 Å². The fourth-order valence-corrected chi connectivity index (χ4v) is 4.59. The molecule has 0 fully saturated rings. The number of benzene rings is 2. The summed E-state index contributed by atoms with van der Waals surface area (Å²) in [4.78, 5) is 17.5. The van der Waals surface area contributed by atoms with Crippen molar-refractivity contribution in [3.8, 4) is 11.5 Å². The van der Waals surface area contributed by atoms with E-state index in [4.69, 9.17) is 9.47 Å². The lowest BCUT2D eigenvalue weighted by atomic mass is 9.95. The molecule has 0 unspecified atom stereocenters. The average molecular weight is 458 g/mol. The number of aromatic nitrogens is 2. The van der Waals surface area contributed by atoms with Crippen LogP contribution < -0.4 is 14.8 Å². The molecule has 0 aliphatic carbocycles. The number of carbonyl (C=O) groups is 1. The number of hydrogen-bond acceptors (Lipinski definition) is 6. The Balaban J connectivity index is 1.59. The minimum atomic E-state index is -3.31. The Morgan fingerprint density at radius 3 is 2.56 bits per heavy atom. The van der Waals surface area contributed by atoms with Gasteiger partial charge in [0.25, 0.3) is 0 Å². The molecular formula is C23H27N3O5S. The molecule has 32 heavy (non-hydrogen) atoms. The normalized spacial score (nSPS) is 14.5. The highest BCUT2D eigenvalue weighted by Crippen LogP contribution is 2.34. The van der Waals surface area contributed by atoms with Gasteiger partial charge in [0.05, 0.1) is 17.1 Å². The Kier molecular flexibility index (Phi) is 6.10. The van der Waals surface area contributed by atoms with Crippen LogP contribution in [0.2, 0.25) is 0 Å². The Morgan fingerprint density at radius 1 is 1.12 bits per heavy atom. The molecule has 0 saturated carbocycles. The van der Waals surface area contributed by atoms with E-state index in [0.717, 1.165) is 17.3 Å². The maximum Gasteiger partial charge on any atom is 0.240 e. The van der Waals surface area contributed by atoms with Gasteiger partial charge in [0.2, 0.25) is 5.91 Å². The molecule has 4 rings (SSSR count). The van der Waals surface area contributed by atoms with Crippen molar-refractivity contribution in [3.05, 3.63) is 53.9 Å². The van der Waals surface area contributed by atoms with Gasteiger partial charge in [0, 0.05) is 6.26 Å². The summed E-state index contributed by atoms with van der Waals surface area (Å²) in [5.41, 5.74) is 2.30. The zero-order valence-electron chi connectivity index (χ0n) is 18.4. The van der Waals surface area contributed by atoms with E-state index in [1.807, 2.05) is 56.3 Å². The Labute approximate surface area is 187 Å². The molecule has 1 atom stereocenters. The van der Waals surface area contributed by atoms with Crippen LogP contribution in [0.1, 0.15) is 31.3 Å². The minimum Gasteiger partial charge on any atom is -0.486 e. The quantitative estimate of drug-likeness (QED) is 0.586. The van der Waals surface area contributed by atoms with E-state index in [0.29, 0.717) is 36.1 Å². The number of hydrogen-bond donors (Lipinski definition) is 1. The summed E-state index contributed by atoms with van der Waals surface area (Å²) in [5, 5.41) is 3.10. The van der Waals surface area contributed by atoms with Crippen LogP contribution in [-0.4, -0.2) is 43.3 Å². The van der Waals surface area contributed by atoms with E-state index in [1.54, 1.807) is 4.57 Å². The number of rotatable bonds is 7. The third-order valence-corrected chi connectivity index (χ3v) is 6.12. The molecule has 1 aliphatic rings. The van der Waals surface area contributed by atoms with Gasteiger partial charge in [-0.1, -0.05) is 32.0 Å². The highest BCUT2D eigenvalue weighted by atomic mass is 32.2. The minimum absolute atomic E-state index is 0.0286. The maximum atomic E-state index is 13.1. The third kappa shape index (κ3) is 4.88. The number of carbonyl (C=O) groups excluding carboxylic acids is 1. The van der Waals surface area contributed by atoms with E-state index < -0.39 is 9.84 Å². The van der Waals surface area contributed by atoms with Crippen LogP contribution in [-0.2, 0) is 26.9 Å². The van der Waals surface area contributed by atoms with Crippen molar-refractivity contribution < 1.29 is 22.7 Å². The monoisotopic (exact) mass is 457 g/mol. The molecule has 3 aromatic rings. The fraction of sp³-hybridized carbons (Fsp3) is 0.391. The molecule has 1 amide bonds. The van der Waals surface area contributed by atoms with Crippen molar-refractivity contribution >= 4 is 26.8 Å². The molecule has 2 heterocycles. The van der Waals surface area contributed by atoms with Crippen LogP contribution in [0.5, 0.6) is 11.5 Å². The fourth-order valence-electron chi connectivity index (χ4n) is 3.90. The van der Waals surface area contributed by atoms with Crippen LogP contribution in [0.25, 0.3) is 11.0 Å². The van der Waals surface area contributed by atoms with Crippen LogP contribution in [0.3, 0.4) is 0 Å². The van der Waals surface area contributed by atoms with Crippen molar-refractivity contribution in [1.29, 1.82) is 0 Å².